The SMILES string of the molecule is N#Cc1cc(-c2ccccc2)n(S(=O)(=O)c2cccnc2)c1. The average Bonchev–Trinajstić information content (AvgIpc) is 3.02. The first-order valence-corrected chi connectivity index (χ1v) is 7.90. The predicted molar refractivity (Wildman–Crippen MR) is 81.4 cm³/mol. The average molecular weight is 309 g/mol. The third-order valence-electron chi connectivity index (χ3n) is 3.18. The van der Waals surface area contributed by atoms with Gasteiger partial charge in [0, 0.05) is 18.6 Å². The highest BCUT2D eigenvalue weighted by molar-refractivity contribution is 7.90. The van der Waals surface area contributed by atoms with Gasteiger partial charge >= 0.3 is 0 Å². The zero-order chi connectivity index (χ0) is 15.6. The van der Waals surface area contributed by atoms with Crippen molar-refractivity contribution in [1.82, 2.24) is 8.96 Å². The minimum absolute atomic E-state index is 0.0762. The van der Waals surface area contributed by atoms with E-state index in [1.807, 2.05) is 24.3 Å². The van der Waals surface area contributed by atoms with Crippen LogP contribution in [0.4, 0.5) is 0 Å². The number of hydrogen-bond acceptors (Lipinski definition) is 4. The van der Waals surface area contributed by atoms with E-state index in [1.165, 1.54) is 24.7 Å². The van der Waals surface area contributed by atoms with E-state index in [9.17, 15) is 8.42 Å². The maximum Gasteiger partial charge on any atom is 0.269 e. The van der Waals surface area contributed by atoms with Gasteiger partial charge < -0.3 is 0 Å². The number of pyridine rings is 1. The van der Waals surface area contributed by atoms with Crippen LogP contribution < -0.4 is 0 Å². The van der Waals surface area contributed by atoms with Crippen LogP contribution in [0.2, 0.25) is 0 Å². The number of hydrogen-bond donors (Lipinski definition) is 0. The molecular formula is C16H11N3O2S. The largest absolute Gasteiger partial charge is 0.269 e. The highest BCUT2D eigenvalue weighted by Crippen LogP contribution is 2.26. The molecule has 3 rings (SSSR count). The van der Waals surface area contributed by atoms with E-state index >= 15 is 0 Å². The van der Waals surface area contributed by atoms with Gasteiger partial charge in [-0.15, -0.1) is 0 Å². The number of benzene rings is 1. The molecule has 108 valence electrons. The summed E-state index contributed by atoms with van der Waals surface area (Å²) in [5, 5.41) is 9.09. The van der Waals surface area contributed by atoms with Gasteiger partial charge in [-0.1, -0.05) is 30.3 Å². The molecule has 0 atom stereocenters. The first kappa shape index (κ1) is 14.0. The molecule has 0 fully saturated rings. The summed E-state index contributed by atoms with van der Waals surface area (Å²) in [6.07, 6.45) is 4.12. The lowest BCUT2D eigenvalue weighted by Gasteiger charge is -2.10. The second kappa shape index (κ2) is 5.47. The number of nitriles is 1. The summed E-state index contributed by atoms with van der Waals surface area (Å²) in [5.74, 6) is 0. The monoisotopic (exact) mass is 309 g/mol. The third kappa shape index (κ3) is 2.38. The molecule has 0 spiro atoms. The van der Waals surface area contributed by atoms with Crippen LogP contribution in [0.1, 0.15) is 5.56 Å². The summed E-state index contributed by atoms with van der Waals surface area (Å²) in [7, 11) is -3.80. The Kier molecular flexibility index (Phi) is 3.49. The molecule has 0 saturated heterocycles. The van der Waals surface area contributed by atoms with E-state index in [2.05, 4.69) is 4.98 Å². The molecule has 0 unspecified atom stereocenters. The van der Waals surface area contributed by atoms with Crippen LogP contribution in [0, 0.1) is 11.3 Å². The Morgan fingerprint density at radius 3 is 2.50 bits per heavy atom. The Balaban J connectivity index is 2.24. The van der Waals surface area contributed by atoms with Crippen molar-refractivity contribution >= 4 is 10.0 Å². The van der Waals surface area contributed by atoms with E-state index in [0.717, 1.165) is 9.54 Å². The summed E-state index contributed by atoms with van der Waals surface area (Å²) in [6, 6.07) is 15.6. The van der Waals surface area contributed by atoms with Crippen LogP contribution in [0.5, 0.6) is 0 Å². The Labute approximate surface area is 128 Å². The standard InChI is InChI=1S/C16H11N3O2S/c17-10-13-9-16(14-5-2-1-3-6-14)19(12-13)22(20,21)15-7-4-8-18-11-15/h1-9,11-12H. The molecule has 0 radical (unpaired) electrons. The normalized spacial score (nSPS) is 11.0. The van der Waals surface area contributed by atoms with Gasteiger partial charge in [-0.05, 0) is 23.8 Å². The fourth-order valence-electron chi connectivity index (χ4n) is 2.14. The minimum Gasteiger partial charge on any atom is -0.263 e. The maximum atomic E-state index is 12.8. The van der Waals surface area contributed by atoms with Crippen LogP contribution in [0.3, 0.4) is 0 Å². The van der Waals surface area contributed by atoms with Gasteiger partial charge in [0.2, 0.25) is 0 Å². The Bertz CT molecular complexity index is 940. The number of nitrogens with zero attached hydrogens (tertiary/aromatic N) is 3. The Morgan fingerprint density at radius 1 is 1.09 bits per heavy atom. The van der Waals surface area contributed by atoms with E-state index in [1.54, 1.807) is 24.3 Å². The van der Waals surface area contributed by atoms with E-state index in [-0.39, 0.29) is 10.5 Å². The second-order valence-corrected chi connectivity index (χ2v) is 6.40. The molecule has 0 aliphatic rings. The van der Waals surface area contributed by atoms with Crippen molar-refractivity contribution in [2.24, 2.45) is 0 Å². The van der Waals surface area contributed by atoms with Gasteiger partial charge in [0.05, 0.1) is 11.3 Å². The van der Waals surface area contributed by atoms with Crippen molar-refractivity contribution in [1.29, 1.82) is 5.26 Å². The summed E-state index contributed by atoms with van der Waals surface area (Å²) < 4.78 is 26.7. The molecule has 2 aromatic heterocycles. The predicted octanol–water partition coefficient (Wildman–Crippen LogP) is 2.66. The van der Waals surface area contributed by atoms with Gasteiger partial charge in [0.25, 0.3) is 10.0 Å². The third-order valence-corrected chi connectivity index (χ3v) is 4.83. The first-order chi connectivity index (χ1) is 10.6. The molecule has 22 heavy (non-hydrogen) atoms. The zero-order valence-electron chi connectivity index (χ0n) is 11.4. The quantitative estimate of drug-likeness (QED) is 0.745. The highest BCUT2D eigenvalue weighted by atomic mass is 32.2. The minimum atomic E-state index is -3.80. The van der Waals surface area contributed by atoms with Crippen LogP contribution in [-0.2, 0) is 10.0 Å². The highest BCUT2D eigenvalue weighted by Gasteiger charge is 2.21. The van der Waals surface area contributed by atoms with Gasteiger partial charge in [-0.2, -0.15) is 5.26 Å². The summed E-state index contributed by atoms with van der Waals surface area (Å²) in [6.45, 7) is 0. The lowest BCUT2D eigenvalue weighted by atomic mass is 10.1. The molecule has 0 aliphatic carbocycles. The maximum absolute atomic E-state index is 12.8. The topological polar surface area (TPSA) is 75.8 Å². The Hall–Kier alpha value is -2.91. The molecule has 0 aliphatic heterocycles. The molecule has 0 N–H and O–H groups in total. The smallest absolute Gasteiger partial charge is 0.263 e. The summed E-state index contributed by atoms with van der Waals surface area (Å²) in [5.41, 5.74) is 1.45. The van der Waals surface area contributed by atoms with E-state index < -0.39 is 10.0 Å². The lowest BCUT2D eigenvalue weighted by molar-refractivity contribution is 0.587. The second-order valence-electron chi connectivity index (χ2n) is 4.58. The molecule has 5 nitrogen and oxygen atoms in total. The summed E-state index contributed by atoms with van der Waals surface area (Å²) in [4.78, 5) is 3.92. The molecule has 0 bridgehead atoms. The molecule has 3 aromatic rings. The van der Waals surface area contributed by atoms with Gasteiger partial charge in [0.1, 0.15) is 11.0 Å². The van der Waals surface area contributed by atoms with Gasteiger partial charge in [-0.25, -0.2) is 12.4 Å². The van der Waals surface area contributed by atoms with Crippen molar-refractivity contribution in [2.45, 2.75) is 4.90 Å². The van der Waals surface area contributed by atoms with Crippen molar-refractivity contribution in [3.63, 3.8) is 0 Å². The molecule has 6 heteroatoms. The molecule has 0 amide bonds. The first-order valence-electron chi connectivity index (χ1n) is 6.46. The van der Waals surface area contributed by atoms with Crippen LogP contribution in [0.15, 0.2) is 72.0 Å². The fourth-order valence-corrected chi connectivity index (χ4v) is 3.48. The Morgan fingerprint density at radius 2 is 1.86 bits per heavy atom. The van der Waals surface area contributed by atoms with E-state index in [4.69, 9.17) is 5.26 Å². The fraction of sp³-hybridized carbons (Fsp3) is 0. The van der Waals surface area contributed by atoms with Crippen LogP contribution in [-0.4, -0.2) is 17.4 Å². The van der Waals surface area contributed by atoms with Crippen molar-refractivity contribution < 1.29 is 8.42 Å². The van der Waals surface area contributed by atoms with Crippen molar-refractivity contribution in [2.75, 3.05) is 0 Å². The van der Waals surface area contributed by atoms with Crippen molar-refractivity contribution in [3.05, 3.63) is 72.7 Å². The van der Waals surface area contributed by atoms with Gasteiger partial charge in [-0.3, -0.25) is 4.98 Å². The van der Waals surface area contributed by atoms with Crippen LogP contribution >= 0.6 is 0 Å². The summed E-state index contributed by atoms with van der Waals surface area (Å²) >= 11 is 0. The van der Waals surface area contributed by atoms with E-state index in [0.29, 0.717) is 5.69 Å². The number of aromatic nitrogens is 2. The molecule has 0 saturated carbocycles. The molecule has 2 heterocycles. The van der Waals surface area contributed by atoms with Crippen LogP contribution in [0.25, 0.3) is 11.3 Å². The molecule has 1 aromatic carbocycles. The molecular weight excluding hydrogens is 298 g/mol. The van der Waals surface area contributed by atoms with Crippen molar-refractivity contribution in [3.8, 4) is 17.3 Å². The van der Waals surface area contributed by atoms with Gasteiger partial charge in [0.15, 0.2) is 0 Å². The lowest BCUT2D eigenvalue weighted by Crippen LogP contribution is -2.13. The number of rotatable bonds is 3. The zero-order valence-corrected chi connectivity index (χ0v) is 12.2.